The number of benzene rings is 1. The molecule has 28 heavy (non-hydrogen) atoms. The van der Waals surface area contributed by atoms with Gasteiger partial charge in [-0.3, -0.25) is 4.79 Å². The van der Waals surface area contributed by atoms with Gasteiger partial charge in [0.1, 0.15) is 0 Å². The minimum absolute atomic E-state index is 0.0291. The average Bonchev–Trinajstić information content (AvgIpc) is 2.79. The maximum Gasteiger partial charge on any atom is 0.254 e. The van der Waals surface area contributed by atoms with Gasteiger partial charge in [-0.2, -0.15) is 10.4 Å². The number of morpholine rings is 1. The summed E-state index contributed by atoms with van der Waals surface area (Å²) in [4.78, 5) is 19.0. The third-order valence-electron chi connectivity index (χ3n) is 5.13. The van der Waals surface area contributed by atoms with Crippen molar-refractivity contribution in [3.63, 3.8) is 0 Å². The molecule has 1 aromatic heterocycles. The van der Waals surface area contributed by atoms with E-state index in [9.17, 15) is 4.79 Å². The molecule has 0 spiro atoms. The Kier molecular flexibility index (Phi) is 5.35. The lowest BCUT2D eigenvalue weighted by Gasteiger charge is -2.36. The minimum atomic E-state index is -0.0291. The van der Waals surface area contributed by atoms with Gasteiger partial charge >= 0.3 is 0 Å². The van der Waals surface area contributed by atoms with E-state index in [4.69, 9.17) is 10.00 Å². The molecule has 0 N–H and O–H groups in total. The van der Waals surface area contributed by atoms with Crippen LogP contribution in [0.1, 0.15) is 15.9 Å². The highest BCUT2D eigenvalue weighted by molar-refractivity contribution is 5.94. The molecule has 0 atom stereocenters. The second-order valence-electron chi connectivity index (χ2n) is 6.84. The molecule has 0 bridgehead atoms. The lowest BCUT2D eigenvalue weighted by molar-refractivity contribution is 0.0746. The van der Waals surface area contributed by atoms with Gasteiger partial charge in [-0.15, -0.1) is 5.10 Å². The molecule has 1 aromatic carbocycles. The van der Waals surface area contributed by atoms with E-state index >= 15 is 0 Å². The Morgan fingerprint density at radius 1 is 1.04 bits per heavy atom. The monoisotopic (exact) mass is 378 g/mol. The number of hydrogen-bond donors (Lipinski definition) is 0. The summed E-state index contributed by atoms with van der Waals surface area (Å²) in [6.45, 7) is 5.79. The number of piperazine rings is 1. The van der Waals surface area contributed by atoms with Crippen LogP contribution in [0.15, 0.2) is 36.5 Å². The zero-order valence-corrected chi connectivity index (χ0v) is 15.6. The molecule has 2 fully saturated rings. The van der Waals surface area contributed by atoms with Gasteiger partial charge in [0.2, 0.25) is 0 Å². The van der Waals surface area contributed by atoms with Gasteiger partial charge in [-0.25, -0.2) is 0 Å². The van der Waals surface area contributed by atoms with Gasteiger partial charge in [0, 0.05) is 50.9 Å². The van der Waals surface area contributed by atoms with Crippen molar-refractivity contribution in [2.45, 2.75) is 0 Å². The molecule has 2 saturated heterocycles. The molecule has 0 aliphatic carbocycles. The maximum atomic E-state index is 12.7. The number of nitrogens with zero attached hydrogens (tertiary/aromatic N) is 6. The Morgan fingerprint density at radius 3 is 2.57 bits per heavy atom. The maximum absolute atomic E-state index is 12.7. The van der Waals surface area contributed by atoms with Crippen LogP contribution >= 0.6 is 0 Å². The molecule has 0 radical (unpaired) electrons. The van der Waals surface area contributed by atoms with Gasteiger partial charge in [0.05, 0.1) is 36.7 Å². The number of hydrogen-bond acceptors (Lipinski definition) is 7. The van der Waals surface area contributed by atoms with E-state index in [2.05, 4.69) is 32.1 Å². The fraction of sp³-hybridized carbons (Fsp3) is 0.400. The molecule has 0 unspecified atom stereocenters. The number of nitriles is 1. The molecule has 8 heteroatoms. The fourth-order valence-corrected chi connectivity index (χ4v) is 3.54. The Hall–Kier alpha value is -3.18. The van der Waals surface area contributed by atoms with Crippen LogP contribution in [0, 0.1) is 11.3 Å². The van der Waals surface area contributed by atoms with Crippen LogP contribution in [-0.2, 0) is 4.74 Å². The molecule has 1 amide bonds. The third kappa shape index (κ3) is 3.89. The zero-order chi connectivity index (χ0) is 19.3. The zero-order valence-electron chi connectivity index (χ0n) is 15.6. The summed E-state index contributed by atoms with van der Waals surface area (Å²) < 4.78 is 5.40. The summed E-state index contributed by atoms with van der Waals surface area (Å²) in [6.07, 6.45) is 1.78. The topological polar surface area (TPSA) is 85.6 Å². The van der Waals surface area contributed by atoms with Crippen molar-refractivity contribution < 1.29 is 9.53 Å². The summed E-state index contributed by atoms with van der Waals surface area (Å²) in [5.74, 6) is 0.839. The predicted octanol–water partition coefficient (Wildman–Crippen LogP) is 1.15. The molecule has 8 nitrogen and oxygen atoms in total. The van der Waals surface area contributed by atoms with Crippen molar-refractivity contribution in [2.75, 3.05) is 62.3 Å². The normalized spacial score (nSPS) is 17.3. The van der Waals surface area contributed by atoms with Crippen molar-refractivity contribution in [1.29, 1.82) is 5.26 Å². The van der Waals surface area contributed by atoms with Crippen molar-refractivity contribution in [3.05, 3.63) is 47.7 Å². The van der Waals surface area contributed by atoms with Gasteiger partial charge in [0.15, 0.2) is 5.82 Å². The first kappa shape index (κ1) is 18.2. The second kappa shape index (κ2) is 8.23. The van der Waals surface area contributed by atoms with Gasteiger partial charge in [-0.05, 0) is 18.2 Å². The molecule has 2 aliphatic rings. The molecule has 144 valence electrons. The van der Waals surface area contributed by atoms with E-state index in [1.54, 1.807) is 30.5 Å². The summed E-state index contributed by atoms with van der Waals surface area (Å²) in [5, 5.41) is 17.5. The number of carbonyl (C=O) groups is 1. The van der Waals surface area contributed by atoms with Crippen LogP contribution in [0.4, 0.5) is 11.5 Å². The highest BCUT2D eigenvalue weighted by atomic mass is 16.5. The van der Waals surface area contributed by atoms with E-state index in [1.807, 2.05) is 4.90 Å². The number of anilines is 2. The smallest absolute Gasteiger partial charge is 0.254 e. The number of rotatable bonds is 3. The van der Waals surface area contributed by atoms with Crippen LogP contribution in [0.3, 0.4) is 0 Å². The first-order chi connectivity index (χ1) is 13.7. The quantitative estimate of drug-likeness (QED) is 0.792. The van der Waals surface area contributed by atoms with E-state index in [-0.39, 0.29) is 5.91 Å². The van der Waals surface area contributed by atoms with Crippen LogP contribution < -0.4 is 9.80 Å². The number of carbonyl (C=O) groups excluding carboxylic acids is 1. The largest absolute Gasteiger partial charge is 0.378 e. The second-order valence-corrected chi connectivity index (χ2v) is 6.84. The van der Waals surface area contributed by atoms with Crippen molar-refractivity contribution in [2.24, 2.45) is 0 Å². The summed E-state index contributed by atoms with van der Waals surface area (Å²) in [7, 11) is 0. The molecular formula is C20H22N6O2. The third-order valence-corrected chi connectivity index (χ3v) is 5.13. The molecular weight excluding hydrogens is 356 g/mol. The van der Waals surface area contributed by atoms with Gasteiger partial charge in [-0.1, -0.05) is 6.07 Å². The highest BCUT2D eigenvalue weighted by Gasteiger charge is 2.23. The van der Waals surface area contributed by atoms with E-state index < -0.39 is 0 Å². The highest BCUT2D eigenvalue weighted by Crippen LogP contribution is 2.21. The van der Waals surface area contributed by atoms with E-state index in [1.165, 1.54) is 0 Å². The molecule has 3 heterocycles. The lowest BCUT2D eigenvalue weighted by Crippen LogP contribution is -2.49. The first-order valence-electron chi connectivity index (χ1n) is 9.44. The minimum Gasteiger partial charge on any atom is -0.378 e. The standard InChI is InChI=1S/C20H22N6O2/c21-14-16-2-1-3-17(12-16)20(27)26-6-4-24(5-7-26)18-13-19(23-22-15-18)25-8-10-28-11-9-25/h1-3,12-13,15H,4-11H2. The molecule has 4 rings (SSSR count). The molecule has 0 saturated carbocycles. The van der Waals surface area contributed by atoms with E-state index in [0.717, 1.165) is 37.7 Å². The first-order valence-corrected chi connectivity index (χ1v) is 9.44. The predicted molar refractivity (Wildman–Crippen MR) is 104 cm³/mol. The van der Waals surface area contributed by atoms with Crippen LogP contribution in [0.25, 0.3) is 0 Å². The molecule has 2 aliphatic heterocycles. The number of amides is 1. The van der Waals surface area contributed by atoms with E-state index in [0.29, 0.717) is 37.4 Å². The van der Waals surface area contributed by atoms with Gasteiger partial charge < -0.3 is 19.4 Å². The summed E-state index contributed by atoms with van der Waals surface area (Å²) >= 11 is 0. The number of ether oxygens (including phenoxy) is 1. The SMILES string of the molecule is N#Cc1cccc(C(=O)N2CCN(c3cnnc(N4CCOCC4)c3)CC2)c1. The van der Waals surface area contributed by atoms with Crippen molar-refractivity contribution in [1.82, 2.24) is 15.1 Å². The van der Waals surface area contributed by atoms with Crippen molar-refractivity contribution >= 4 is 17.4 Å². The Labute approximate surface area is 163 Å². The van der Waals surface area contributed by atoms with Crippen molar-refractivity contribution in [3.8, 4) is 6.07 Å². The fourth-order valence-electron chi connectivity index (χ4n) is 3.54. The molecule has 2 aromatic rings. The Balaban J connectivity index is 1.40. The van der Waals surface area contributed by atoms with Crippen LogP contribution in [-0.4, -0.2) is 73.5 Å². The lowest BCUT2D eigenvalue weighted by atomic mass is 10.1. The average molecular weight is 378 g/mol. The Bertz CT molecular complexity index is 882. The van der Waals surface area contributed by atoms with Crippen LogP contribution in [0.2, 0.25) is 0 Å². The summed E-state index contributed by atoms with van der Waals surface area (Å²) in [5.41, 5.74) is 2.09. The summed E-state index contributed by atoms with van der Waals surface area (Å²) in [6, 6.07) is 11.0. The van der Waals surface area contributed by atoms with Crippen LogP contribution in [0.5, 0.6) is 0 Å². The Morgan fingerprint density at radius 2 is 1.82 bits per heavy atom. The number of aromatic nitrogens is 2. The van der Waals surface area contributed by atoms with Gasteiger partial charge in [0.25, 0.3) is 5.91 Å².